The molecule has 0 radical (unpaired) electrons. The van der Waals surface area contributed by atoms with Crippen molar-refractivity contribution in [2.24, 2.45) is 0 Å². The minimum Gasteiger partial charge on any atom is -0.456 e. The van der Waals surface area contributed by atoms with E-state index in [4.69, 9.17) is 4.42 Å². The van der Waals surface area contributed by atoms with Gasteiger partial charge in [0.15, 0.2) is 0 Å². The monoisotopic (exact) mass is 844 g/mol. The van der Waals surface area contributed by atoms with Gasteiger partial charge in [0.1, 0.15) is 11.2 Å². The van der Waals surface area contributed by atoms with Gasteiger partial charge in [0.2, 0.25) is 0 Å². The predicted molar refractivity (Wildman–Crippen MR) is 277 cm³/mol. The molecule has 3 nitrogen and oxygen atoms in total. The first-order valence-electron chi connectivity index (χ1n) is 23.0. The van der Waals surface area contributed by atoms with Crippen molar-refractivity contribution in [3.8, 4) is 50.2 Å². The van der Waals surface area contributed by atoms with Crippen molar-refractivity contribution in [1.82, 2.24) is 4.57 Å². The zero-order chi connectivity index (χ0) is 43.7. The smallest absolute Gasteiger partial charge is 0.136 e. The number of rotatable bonds is 7. The maximum absolute atomic E-state index is 6.27. The Balaban J connectivity index is 0.871. The van der Waals surface area contributed by atoms with E-state index in [1.54, 1.807) is 0 Å². The Kier molecular flexibility index (Phi) is 8.89. The van der Waals surface area contributed by atoms with Crippen LogP contribution in [-0.2, 0) is 6.42 Å². The standard InChI is InChI=1S/C63H44N2O/c1-41-40-58-51(17-10-19-54(58)53-13-3-2-12-50(41)53)44-28-36-47(37-29-44)64(48-38-30-45(31-39-48)52-18-11-23-62-63(52)57-16-6-9-22-61(57)66-62)46-32-24-42(25-33-46)43-26-34-49(35-27-43)65-59-20-7-4-14-55(59)56-15-5-8-21-60(56)65/h2-39,41H,40H2,1H3. The van der Waals surface area contributed by atoms with Crippen molar-refractivity contribution in [3.05, 3.63) is 242 Å². The van der Waals surface area contributed by atoms with Crippen LogP contribution in [0.5, 0.6) is 0 Å². The number of benzene rings is 10. The summed E-state index contributed by atoms with van der Waals surface area (Å²) in [5.41, 5.74) is 21.5. The van der Waals surface area contributed by atoms with Crippen molar-refractivity contribution >= 4 is 60.8 Å². The lowest BCUT2D eigenvalue weighted by Gasteiger charge is -2.28. The van der Waals surface area contributed by atoms with Gasteiger partial charge >= 0.3 is 0 Å². The van der Waals surface area contributed by atoms with Gasteiger partial charge in [0, 0.05) is 44.3 Å². The summed E-state index contributed by atoms with van der Waals surface area (Å²) in [7, 11) is 0. The van der Waals surface area contributed by atoms with Gasteiger partial charge in [-0.3, -0.25) is 0 Å². The average molecular weight is 845 g/mol. The quantitative estimate of drug-likeness (QED) is 0.159. The summed E-state index contributed by atoms with van der Waals surface area (Å²) in [6, 6.07) is 83.9. The maximum atomic E-state index is 6.27. The Morgan fingerprint density at radius 3 is 1.53 bits per heavy atom. The van der Waals surface area contributed by atoms with E-state index in [-0.39, 0.29) is 0 Å². The summed E-state index contributed by atoms with van der Waals surface area (Å²) in [5, 5.41) is 4.82. The van der Waals surface area contributed by atoms with Gasteiger partial charge in [-0.1, -0.05) is 165 Å². The zero-order valence-electron chi connectivity index (χ0n) is 36.5. The summed E-state index contributed by atoms with van der Waals surface area (Å²) >= 11 is 0. The lowest BCUT2D eigenvalue weighted by Crippen LogP contribution is -2.10. The first-order chi connectivity index (χ1) is 32.6. The molecule has 1 atom stereocenters. The highest BCUT2D eigenvalue weighted by Gasteiger charge is 2.24. The minimum absolute atomic E-state index is 0.466. The van der Waals surface area contributed by atoms with Crippen molar-refractivity contribution in [1.29, 1.82) is 0 Å². The van der Waals surface area contributed by atoms with Gasteiger partial charge in [0.25, 0.3) is 0 Å². The second-order valence-corrected chi connectivity index (χ2v) is 17.7. The number of hydrogen-bond acceptors (Lipinski definition) is 2. The first-order valence-corrected chi connectivity index (χ1v) is 23.0. The van der Waals surface area contributed by atoms with E-state index in [1.807, 2.05) is 12.1 Å². The number of para-hydroxylation sites is 3. The Labute approximate surface area is 384 Å². The number of nitrogens with zero attached hydrogens (tertiary/aromatic N) is 2. The number of aromatic nitrogens is 1. The topological polar surface area (TPSA) is 21.3 Å². The molecular weight excluding hydrogens is 801 g/mol. The van der Waals surface area contributed by atoms with Gasteiger partial charge in [-0.15, -0.1) is 0 Å². The highest BCUT2D eigenvalue weighted by Crippen LogP contribution is 2.45. The van der Waals surface area contributed by atoms with Crippen LogP contribution >= 0.6 is 0 Å². The van der Waals surface area contributed by atoms with Crippen molar-refractivity contribution in [3.63, 3.8) is 0 Å². The van der Waals surface area contributed by atoms with Gasteiger partial charge in [-0.2, -0.15) is 0 Å². The summed E-state index contributed by atoms with van der Waals surface area (Å²) < 4.78 is 8.64. The van der Waals surface area contributed by atoms with E-state index in [9.17, 15) is 0 Å². The summed E-state index contributed by atoms with van der Waals surface area (Å²) in [5.74, 6) is 0.466. The predicted octanol–water partition coefficient (Wildman–Crippen LogP) is 17.5. The molecule has 2 aromatic heterocycles. The van der Waals surface area contributed by atoms with Crippen LogP contribution in [0.2, 0.25) is 0 Å². The van der Waals surface area contributed by atoms with Crippen LogP contribution in [-0.4, -0.2) is 4.57 Å². The van der Waals surface area contributed by atoms with E-state index < -0.39 is 0 Å². The Morgan fingerprint density at radius 2 is 0.864 bits per heavy atom. The van der Waals surface area contributed by atoms with E-state index in [0.717, 1.165) is 62.2 Å². The second-order valence-electron chi connectivity index (χ2n) is 17.7. The molecule has 1 aliphatic rings. The lowest BCUT2D eigenvalue weighted by molar-refractivity contribution is 0.669. The molecule has 3 heteroatoms. The molecule has 312 valence electrons. The molecule has 0 saturated heterocycles. The van der Waals surface area contributed by atoms with Crippen LogP contribution in [0.4, 0.5) is 17.1 Å². The Hall–Kier alpha value is -8.40. The fourth-order valence-corrected chi connectivity index (χ4v) is 10.8. The molecule has 0 saturated carbocycles. The summed E-state index contributed by atoms with van der Waals surface area (Å²) in [6.07, 6.45) is 1.03. The molecule has 12 aromatic rings. The average Bonchev–Trinajstić information content (AvgIpc) is 3.93. The summed E-state index contributed by atoms with van der Waals surface area (Å²) in [6.45, 7) is 2.36. The zero-order valence-corrected chi connectivity index (χ0v) is 36.5. The fraction of sp³-hybridized carbons (Fsp3) is 0.0476. The largest absolute Gasteiger partial charge is 0.456 e. The molecule has 0 aliphatic heterocycles. The lowest BCUT2D eigenvalue weighted by atomic mass is 9.77. The second kappa shape index (κ2) is 15.4. The first kappa shape index (κ1) is 38.1. The van der Waals surface area contributed by atoms with Crippen LogP contribution in [0.1, 0.15) is 24.0 Å². The van der Waals surface area contributed by atoms with Crippen LogP contribution in [0.3, 0.4) is 0 Å². The normalized spacial score (nSPS) is 13.3. The summed E-state index contributed by atoms with van der Waals surface area (Å²) in [4.78, 5) is 2.37. The molecule has 1 unspecified atom stereocenters. The van der Waals surface area contributed by atoms with Crippen LogP contribution in [0.15, 0.2) is 235 Å². The molecule has 0 bridgehead atoms. The molecule has 0 N–H and O–H groups in total. The van der Waals surface area contributed by atoms with Gasteiger partial charge in [-0.05, 0) is 141 Å². The van der Waals surface area contributed by atoms with Crippen LogP contribution in [0.25, 0.3) is 93.9 Å². The van der Waals surface area contributed by atoms with Crippen molar-refractivity contribution in [2.45, 2.75) is 19.3 Å². The Bertz CT molecular complexity index is 3730. The number of anilines is 3. The molecule has 0 fully saturated rings. The van der Waals surface area contributed by atoms with E-state index in [1.165, 1.54) is 66.3 Å². The number of hydrogen-bond donors (Lipinski definition) is 0. The molecule has 2 heterocycles. The van der Waals surface area contributed by atoms with E-state index in [2.05, 4.69) is 235 Å². The molecule has 10 aromatic carbocycles. The highest BCUT2D eigenvalue weighted by atomic mass is 16.3. The van der Waals surface area contributed by atoms with Gasteiger partial charge in [-0.25, -0.2) is 0 Å². The molecule has 13 rings (SSSR count). The fourth-order valence-electron chi connectivity index (χ4n) is 10.8. The minimum atomic E-state index is 0.466. The molecule has 66 heavy (non-hydrogen) atoms. The molecule has 1 aliphatic carbocycles. The molecular formula is C63H44N2O. The van der Waals surface area contributed by atoms with Crippen LogP contribution < -0.4 is 4.90 Å². The third-order valence-corrected chi connectivity index (χ3v) is 13.9. The molecule has 0 spiro atoms. The maximum Gasteiger partial charge on any atom is 0.136 e. The SMILES string of the molecule is CC1Cc2c(-c3ccc(N(c4ccc(-c5ccc(-n6c7ccccc7c7ccccc76)cc5)cc4)c4ccc(-c5cccc6oc7ccccc7c56)cc4)cc3)cccc2-c2ccccc21. The van der Waals surface area contributed by atoms with E-state index >= 15 is 0 Å². The number of fused-ring (bicyclic) bond motifs is 9. The van der Waals surface area contributed by atoms with Crippen LogP contribution in [0, 0.1) is 0 Å². The van der Waals surface area contributed by atoms with Crippen molar-refractivity contribution < 1.29 is 4.42 Å². The highest BCUT2D eigenvalue weighted by molar-refractivity contribution is 6.12. The van der Waals surface area contributed by atoms with Crippen molar-refractivity contribution in [2.75, 3.05) is 4.90 Å². The van der Waals surface area contributed by atoms with Gasteiger partial charge in [0.05, 0.1) is 11.0 Å². The number of furan rings is 1. The third kappa shape index (κ3) is 6.19. The third-order valence-electron chi connectivity index (χ3n) is 13.9. The Morgan fingerprint density at radius 1 is 0.394 bits per heavy atom. The van der Waals surface area contributed by atoms with E-state index in [0.29, 0.717) is 5.92 Å². The molecule has 0 amide bonds. The van der Waals surface area contributed by atoms with Gasteiger partial charge < -0.3 is 13.9 Å².